The van der Waals surface area contributed by atoms with Crippen LogP contribution in [0.25, 0.3) is 16.8 Å². The zero-order chi connectivity index (χ0) is 19.4. The van der Waals surface area contributed by atoms with Crippen LogP contribution in [0.5, 0.6) is 0 Å². The summed E-state index contributed by atoms with van der Waals surface area (Å²) in [5.74, 6) is 0.406. The van der Waals surface area contributed by atoms with Gasteiger partial charge in [-0.3, -0.25) is 0 Å². The van der Waals surface area contributed by atoms with Crippen LogP contribution >= 0.6 is 11.3 Å². The van der Waals surface area contributed by atoms with Gasteiger partial charge in [0.1, 0.15) is 16.6 Å². The molecule has 27 heavy (non-hydrogen) atoms. The number of nitriles is 1. The lowest BCUT2D eigenvalue weighted by Gasteiger charge is -2.12. The Labute approximate surface area is 165 Å². The predicted octanol–water partition coefficient (Wildman–Crippen LogP) is 6.53. The first kappa shape index (κ1) is 18.9. The zero-order valence-corrected chi connectivity index (χ0v) is 16.9. The van der Waals surface area contributed by atoms with Crippen molar-refractivity contribution in [3.05, 3.63) is 75.7 Å². The largest absolute Gasteiger partial charge is 0.360 e. The number of para-hydroxylation sites is 1. The van der Waals surface area contributed by atoms with Crippen LogP contribution in [0.15, 0.2) is 54.0 Å². The quantitative estimate of drug-likeness (QED) is 0.517. The van der Waals surface area contributed by atoms with Gasteiger partial charge in [-0.05, 0) is 37.0 Å². The minimum absolute atomic E-state index is 0.406. The maximum atomic E-state index is 9.62. The number of benzene rings is 2. The first-order valence-corrected chi connectivity index (χ1v) is 9.87. The SMILES string of the molecule is Cc1ccc(-c2csc(C(C#N)=CNc3ccccc3C(C)C)n2)c(C)c1. The van der Waals surface area contributed by atoms with Crippen LogP contribution < -0.4 is 5.32 Å². The van der Waals surface area contributed by atoms with Crippen LogP contribution in [-0.2, 0) is 0 Å². The van der Waals surface area contributed by atoms with Crippen molar-refractivity contribution in [3.63, 3.8) is 0 Å². The van der Waals surface area contributed by atoms with Crippen molar-refractivity contribution in [2.75, 3.05) is 5.32 Å². The second kappa shape index (κ2) is 8.20. The van der Waals surface area contributed by atoms with Gasteiger partial charge < -0.3 is 5.32 Å². The summed E-state index contributed by atoms with van der Waals surface area (Å²) in [6.45, 7) is 8.49. The first-order chi connectivity index (χ1) is 13.0. The molecule has 0 amide bonds. The summed E-state index contributed by atoms with van der Waals surface area (Å²) < 4.78 is 0. The molecule has 1 heterocycles. The monoisotopic (exact) mass is 373 g/mol. The van der Waals surface area contributed by atoms with Crippen molar-refractivity contribution in [1.82, 2.24) is 4.98 Å². The lowest BCUT2D eigenvalue weighted by molar-refractivity contribution is 0.869. The third kappa shape index (κ3) is 4.27. The molecular formula is C23H23N3S. The van der Waals surface area contributed by atoms with Gasteiger partial charge in [0.25, 0.3) is 0 Å². The molecule has 0 aliphatic rings. The minimum Gasteiger partial charge on any atom is -0.360 e. The van der Waals surface area contributed by atoms with Crippen molar-refractivity contribution in [2.45, 2.75) is 33.6 Å². The summed E-state index contributed by atoms with van der Waals surface area (Å²) in [6.07, 6.45) is 1.76. The molecule has 1 N–H and O–H groups in total. The second-order valence-corrected chi connectivity index (χ2v) is 7.77. The normalized spacial score (nSPS) is 11.5. The van der Waals surface area contributed by atoms with Crippen LogP contribution in [0.3, 0.4) is 0 Å². The van der Waals surface area contributed by atoms with E-state index >= 15 is 0 Å². The van der Waals surface area contributed by atoms with Crippen molar-refractivity contribution >= 4 is 22.6 Å². The predicted molar refractivity (Wildman–Crippen MR) is 115 cm³/mol. The molecule has 0 bridgehead atoms. The molecule has 0 saturated carbocycles. The van der Waals surface area contributed by atoms with Gasteiger partial charge in [0.2, 0.25) is 0 Å². The fourth-order valence-corrected chi connectivity index (χ4v) is 3.83. The van der Waals surface area contributed by atoms with Crippen LogP contribution in [0.4, 0.5) is 5.69 Å². The Bertz CT molecular complexity index is 1020. The third-order valence-corrected chi connectivity index (χ3v) is 5.34. The molecule has 3 nitrogen and oxygen atoms in total. The van der Waals surface area contributed by atoms with Gasteiger partial charge in [-0.15, -0.1) is 11.3 Å². The molecule has 3 rings (SSSR count). The number of nitrogens with one attached hydrogen (secondary N) is 1. The highest BCUT2D eigenvalue weighted by atomic mass is 32.1. The molecule has 136 valence electrons. The molecule has 0 saturated heterocycles. The van der Waals surface area contributed by atoms with Crippen molar-refractivity contribution in [3.8, 4) is 17.3 Å². The topological polar surface area (TPSA) is 48.7 Å². The van der Waals surface area contributed by atoms with E-state index in [4.69, 9.17) is 4.98 Å². The Balaban J connectivity index is 1.88. The van der Waals surface area contributed by atoms with Crippen LogP contribution in [0, 0.1) is 25.2 Å². The summed E-state index contributed by atoms with van der Waals surface area (Å²) in [4.78, 5) is 4.70. The standard InChI is InChI=1S/C23H23N3S/c1-15(2)19-7-5-6-8-21(19)25-13-18(12-24)23-26-22(14-27-23)20-10-9-16(3)11-17(20)4/h5-11,13-15,25H,1-4H3. The lowest BCUT2D eigenvalue weighted by Crippen LogP contribution is -1.97. The van der Waals surface area contributed by atoms with Gasteiger partial charge in [0.05, 0.1) is 5.69 Å². The number of rotatable bonds is 5. The molecule has 0 fully saturated rings. The fourth-order valence-electron chi connectivity index (χ4n) is 3.05. The molecule has 0 radical (unpaired) electrons. The molecule has 3 aromatic rings. The molecule has 0 atom stereocenters. The Kier molecular flexibility index (Phi) is 5.73. The first-order valence-electron chi connectivity index (χ1n) is 8.99. The maximum Gasteiger partial charge on any atom is 0.136 e. The molecule has 0 aliphatic carbocycles. The number of aromatic nitrogens is 1. The van der Waals surface area contributed by atoms with E-state index in [1.54, 1.807) is 6.20 Å². The van der Waals surface area contributed by atoms with Crippen molar-refractivity contribution < 1.29 is 0 Å². The average molecular weight is 374 g/mol. The maximum absolute atomic E-state index is 9.62. The number of hydrogen-bond acceptors (Lipinski definition) is 4. The highest BCUT2D eigenvalue weighted by Crippen LogP contribution is 2.29. The molecule has 1 aromatic heterocycles. The van der Waals surface area contributed by atoms with Gasteiger partial charge in [-0.1, -0.05) is 55.8 Å². The van der Waals surface area contributed by atoms with E-state index in [9.17, 15) is 5.26 Å². The summed E-state index contributed by atoms with van der Waals surface area (Å²) >= 11 is 1.49. The van der Waals surface area contributed by atoms with Crippen molar-refractivity contribution in [2.24, 2.45) is 0 Å². The van der Waals surface area contributed by atoms with E-state index in [2.05, 4.69) is 63.3 Å². The fraction of sp³-hybridized carbons (Fsp3) is 0.217. The minimum atomic E-state index is 0.406. The van der Waals surface area contributed by atoms with E-state index in [1.165, 1.54) is 28.0 Å². The zero-order valence-electron chi connectivity index (χ0n) is 16.1. The van der Waals surface area contributed by atoms with E-state index in [0.717, 1.165) is 22.0 Å². The van der Waals surface area contributed by atoms with E-state index in [0.29, 0.717) is 11.5 Å². The van der Waals surface area contributed by atoms with Crippen molar-refractivity contribution in [1.29, 1.82) is 5.26 Å². The molecule has 0 unspecified atom stereocenters. The van der Waals surface area contributed by atoms with Gasteiger partial charge in [0.15, 0.2) is 0 Å². The van der Waals surface area contributed by atoms with E-state index < -0.39 is 0 Å². The molecular weight excluding hydrogens is 350 g/mol. The number of thiazole rings is 1. The number of hydrogen-bond donors (Lipinski definition) is 1. The van der Waals surface area contributed by atoms with Gasteiger partial charge in [-0.2, -0.15) is 5.26 Å². The second-order valence-electron chi connectivity index (χ2n) is 6.91. The Morgan fingerprint density at radius 1 is 1.19 bits per heavy atom. The van der Waals surface area contributed by atoms with Crippen LogP contribution in [-0.4, -0.2) is 4.98 Å². The summed E-state index contributed by atoms with van der Waals surface area (Å²) in [5.41, 5.74) is 7.23. The highest BCUT2D eigenvalue weighted by molar-refractivity contribution is 7.11. The summed E-state index contributed by atoms with van der Waals surface area (Å²) in [7, 11) is 0. The average Bonchev–Trinajstić information content (AvgIpc) is 3.12. The number of aryl methyl sites for hydroxylation is 2. The number of anilines is 1. The summed E-state index contributed by atoms with van der Waals surface area (Å²) in [6, 6.07) is 16.8. The van der Waals surface area contributed by atoms with Crippen LogP contribution in [0.1, 0.15) is 41.5 Å². The third-order valence-electron chi connectivity index (χ3n) is 4.47. The number of nitrogens with zero attached hydrogens (tertiary/aromatic N) is 2. The highest BCUT2D eigenvalue weighted by Gasteiger charge is 2.11. The Morgan fingerprint density at radius 3 is 2.67 bits per heavy atom. The van der Waals surface area contributed by atoms with E-state index in [1.807, 2.05) is 23.6 Å². The summed E-state index contributed by atoms with van der Waals surface area (Å²) in [5, 5.41) is 15.6. The smallest absolute Gasteiger partial charge is 0.136 e. The molecule has 2 aromatic carbocycles. The van der Waals surface area contributed by atoms with Gasteiger partial charge >= 0.3 is 0 Å². The van der Waals surface area contributed by atoms with E-state index in [-0.39, 0.29) is 0 Å². The Morgan fingerprint density at radius 2 is 1.96 bits per heavy atom. The van der Waals surface area contributed by atoms with Crippen LogP contribution in [0.2, 0.25) is 0 Å². The van der Waals surface area contributed by atoms with Gasteiger partial charge in [0, 0.05) is 22.8 Å². The molecule has 4 heteroatoms. The molecule has 0 aliphatic heterocycles. The van der Waals surface area contributed by atoms with Gasteiger partial charge in [-0.25, -0.2) is 4.98 Å². The Hall–Kier alpha value is -2.90. The number of allylic oxidation sites excluding steroid dienone is 1. The molecule has 0 spiro atoms. The lowest BCUT2D eigenvalue weighted by atomic mass is 10.0.